The van der Waals surface area contributed by atoms with Gasteiger partial charge >= 0.3 is 0 Å². The summed E-state index contributed by atoms with van der Waals surface area (Å²) in [5.74, 6) is -0.693. The number of amides is 1. The molecular weight excluding hydrogens is 550 g/mol. The average Bonchev–Trinajstić information content (AvgIpc) is 2.84. The van der Waals surface area contributed by atoms with Gasteiger partial charge < -0.3 is 15.5 Å². The number of nitrogens with zero attached hydrogens (tertiary/aromatic N) is 1. The Bertz CT molecular complexity index is 1340. The minimum Gasteiger partial charge on any atom is -0.506 e. The van der Waals surface area contributed by atoms with Crippen molar-refractivity contribution in [1.82, 2.24) is 5.43 Å². The molecule has 4 N–H and O–H groups in total. The van der Waals surface area contributed by atoms with Gasteiger partial charge in [0.05, 0.1) is 10.7 Å². The molecule has 0 aromatic heterocycles. The molecule has 0 saturated carbocycles. The molecule has 4 aromatic carbocycles. The lowest BCUT2D eigenvalue weighted by Gasteiger charge is -2.19. The van der Waals surface area contributed by atoms with Crippen LogP contribution in [0.2, 0.25) is 0 Å². The van der Waals surface area contributed by atoms with Crippen LogP contribution in [0.5, 0.6) is 11.5 Å². The van der Waals surface area contributed by atoms with Gasteiger partial charge in [-0.2, -0.15) is 5.10 Å². The van der Waals surface area contributed by atoms with Crippen LogP contribution in [0.15, 0.2) is 92.9 Å². The van der Waals surface area contributed by atoms with Crippen LogP contribution in [0.3, 0.4) is 0 Å². The third-order valence-corrected chi connectivity index (χ3v) is 6.39. The normalized spacial score (nSPS) is 12.1. The smallest absolute Gasteiger partial charge is 0.267 e. The van der Waals surface area contributed by atoms with E-state index in [-0.39, 0.29) is 21.9 Å². The summed E-state index contributed by atoms with van der Waals surface area (Å²) in [5, 5.41) is 29.5. The zero-order valence-corrected chi connectivity index (χ0v) is 20.3. The highest BCUT2D eigenvalue weighted by Gasteiger charge is 2.20. The van der Waals surface area contributed by atoms with Crippen LogP contribution < -0.4 is 10.7 Å². The van der Waals surface area contributed by atoms with Gasteiger partial charge in [0.25, 0.3) is 5.91 Å². The first-order valence-corrected chi connectivity index (χ1v) is 11.6. The summed E-state index contributed by atoms with van der Waals surface area (Å²) in [5.41, 5.74) is 4.41. The summed E-state index contributed by atoms with van der Waals surface area (Å²) in [6.45, 7) is 0. The number of phenols is 2. The number of benzene rings is 4. The van der Waals surface area contributed by atoms with Gasteiger partial charge in [0.2, 0.25) is 0 Å². The van der Waals surface area contributed by atoms with Crippen LogP contribution in [0, 0.1) is 0 Å². The second-order valence-electron chi connectivity index (χ2n) is 7.24. The summed E-state index contributed by atoms with van der Waals surface area (Å²) >= 11 is 6.33. The van der Waals surface area contributed by atoms with Crippen molar-refractivity contribution < 1.29 is 15.0 Å². The minimum absolute atomic E-state index is 0.127. The van der Waals surface area contributed by atoms with E-state index in [2.05, 4.69) is 47.7 Å². The number of anilines is 1. The molecule has 0 spiro atoms. The van der Waals surface area contributed by atoms with Crippen LogP contribution in [0.1, 0.15) is 17.2 Å². The van der Waals surface area contributed by atoms with Gasteiger partial charge in [-0.05, 0) is 66.4 Å². The van der Waals surface area contributed by atoms with Gasteiger partial charge in [0.1, 0.15) is 22.0 Å². The van der Waals surface area contributed by atoms with Crippen molar-refractivity contribution in [2.45, 2.75) is 6.04 Å². The molecule has 4 rings (SSSR count). The second-order valence-corrected chi connectivity index (χ2v) is 8.89. The molecule has 0 aliphatic carbocycles. The number of fused-ring (bicyclic) bond motifs is 1. The summed E-state index contributed by atoms with van der Waals surface area (Å²) in [6, 6.07) is 24.1. The van der Waals surface area contributed by atoms with Gasteiger partial charge in [-0.3, -0.25) is 4.79 Å². The molecule has 0 aliphatic heterocycles. The molecule has 0 heterocycles. The summed E-state index contributed by atoms with van der Waals surface area (Å²) in [7, 11) is 0. The van der Waals surface area contributed by atoms with E-state index in [1.54, 1.807) is 0 Å². The predicted octanol–water partition coefficient (Wildman–Crippen LogP) is 6.08. The van der Waals surface area contributed by atoms with Crippen molar-refractivity contribution in [1.29, 1.82) is 0 Å². The number of halogens is 2. The number of carbonyl (C=O) groups excluding carboxylic acids is 1. The van der Waals surface area contributed by atoms with Gasteiger partial charge in [-0.25, -0.2) is 5.43 Å². The largest absolute Gasteiger partial charge is 0.506 e. The van der Waals surface area contributed by atoms with E-state index in [0.717, 1.165) is 22.0 Å². The zero-order valence-electron chi connectivity index (χ0n) is 17.2. The molecule has 8 heteroatoms. The molecule has 1 amide bonds. The van der Waals surface area contributed by atoms with Gasteiger partial charge in [0, 0.05) is 11.3 Å². The Kier molecular flexibility index (Phi) is 6.96. The molecule has 1 atom stereocenters. The molecular formula is C25H19Br2N3O3. The van der Waals surface area contributed by atoms with Gasteiger partial charge in [-0.15, -0.1) is 0 Å². The van der Waals surface area contributed by atoms with Crippen LogP contribution in [0.4, 0.5) is 5.69 Å². The molecule has 0 bridgehead atoms. The fourth-order valence-corrected chi connectivity index (χ4v) is 4.49. The standard InChI is InChI=1S/C25H19Br2N3O3/c26-20-13-18(23(31)21(27)24(20)32)14-28-30-25(33)22(16-7-2-1-3-8-16)29-19-11-10-15-6-4-5-9-17(15)12-19/h1-14,22,29,31-32H,(H,30,33)/b28-14+. The topological polar surface area (TPSA) is 94.0 Å². The van der Waals surface area contributed by atoms with E-state index in [4.69, 9.17) is 0 Å². The highest BCUT2D eigenvalue weighted by Crippen LogP contribution is 2.40. The number of hydrogen-bond donors (Lipinski definition) is 4. The first-order valence-electron chi connectivity index (χ1n) is 9.97. The zero-order chi connectivity index (χ0) is 23.4. The third kappa shape index (κ3) is 5.18. The van der Waals surface area contributed by atoms with Crippen LogP contribution in [-0.2, 0) is 4.79 Å². The van der Waals surface area contributed by atoms with E-state index in [1.165, 1.54) is 12.3 Å². The molecule has 0 aliphatic rings. The molecule has 33 heavy (non-hydrogen) atoms. The number of hydrazone groups is 1. The molecule has 6 nitrogen and oxygen atoms in total. The van der Waals surface area contributed by atoms with E-state index < -0.39 is 6.04 Å². The van der Waals surface area contributed by atoms with Gasteiger partial charge in [0.15, 0.2) is 0 Å². The van der Waals surface area contributed by atoms with Crippen LogP contribution in [-0.4, -0.2) is 22.3 Å². The highest BCUT2D eigenvalue weighted by atomic mass is 79.9. The minimum atomic E-state index is -0.698. The number of phenolic OH excluding ortho intramolecular Hbond substituents is 2. The van der Waals surface area contributed by atoms with Crippen molar-refractivity contribution >= 4 is 60.4 Å². The highest BCUT2D eigenvalue weighted by molar-refractivity contribution is 9.11. The summed E-state index contributed by atoms with van der Waals surface area (Å²) in [4.78, 5) is 13.1. The quantitative estimate of drug-likeness (QED) is 0.167. The maximum absolute atomic E-state index is 13.1. The number of carbonyl (C=O) groups is 1. The van der Waals surface area contributed by atoms with Crippen molar-refractivity contribution in [3.05, 3.63) is 98.9 Å². The maximum Gasteiger partial charge on any atom is 0.267 e. The average molecular weight is 569 g/mol. The molecule has 4 aromatic rings. The lowest BCUT2D eigenvalue weighted by Crippen LogP contribution is -2.30. The molecule has 0 radical (unpaired) electrons. The first-order chi connectivity index (χ1) is 15.9. The number of rotatable bonds is 6. The van der Waals surface area contributed by atoms with E-state index >= 15 is 0 Å². The van der Waals surface area contributed by atoms with Crippen molar-refractivity contribution in [3.63, 3.8) is 0 Å². The monoisotopic (exact) mass is 567 g/mol. The lowest BCUT2D eigenvalue weighted by atomic mass is 10.0. The third-order valence-electron chi connectivity index (χ3n) is 5.03. The predicted molar refractivity (Wildman–Crippen MR) is 138 cm³/mol. The van der Waals surface area contributed by atoms with Crippen molar-refractivity contribution in [2.24, 2.45) is 5.10 Å². The van der Waals surface area contributed by atoms with E-state index in [9.17, 15) is 15.0 Å². The van der Waals surface area contributed by atoms with Crippen LogP contribution in [0.25, 0.3) is 10.8 Å². The Morgan fingerprint density at radius 2 is 1.58 bits per heavy atom. The molecule has 0 fully saturated rings. The number of nitrogens with one attached hydrogen (secondary N) is 2. The Morgan fingerprint density at radius 3 is 2.33 bits per heavy atom. The summed E-state index contributed by atoms with van der Waals surface area (Å²) < 4.78 is 0.505. The number of aromatic hydroxyl groups is 2. The van der Waals surface area contributed by atoms with E-state index in [0.29, 0.717) is 10.0 Å². The maximum atomic E-state index is 13.1. The number of hydrogen-bond acceptors (Lipinski definition) is 5. The SMILES string of the molecule is O=C(N/N=C/c1cc(Br)c(O)c(Br)c1O)C(Nc1ccc2ccccc2c1)c1ccccc1. The van der Waals surface area contributed by atoms with E-state index in [1.807, 2.05) is 72.8 Å². The Labute approximate surface area is 207 Å². The Morgan fingerprint density at radius 1 is 0.879 bits per heavy atom. The molecule has 1 unspecified atom stereocenters. The van der Waals surface area contributed by atoms with Crippen molar-refractivity contribution in [2.75, 3.05) is 5.32 Å². The molecule has 166 valence electrons. The van der Waals surface area contributed by atoms with Crippen LogP contribution >= 0.6 is 31.9 Å². The van der Waals surface area contributed by atoms with Crippen molar-refractivity contribution in [3.8, 4) is 11.5 Å². The second kappa shape index (κ2) is 10.1. The fraction of sp³-hybridized carbons (Fsp3) is 0.0400. The lowest BCUT2D eigenvalue weighted by molar-refractivity contribution is -0.121. The Balaban J connectivity index is 1.57. The Hall–Kier alpha value is -3.36. The molecule has 0 saturated heterocycles. The van der Waals surface area contributed by atoms with Gasteiger partial charge in [-0.1, -0.05) is 60.7 Å². The summed E-state index contributed by atoms with van der Waals surface area (Å²) in [6.07, 6.45) is 1.31. The fourth-order valence-electron chi connectivity index (χ4n) is 3.34. The first kappa shape index (κ1) is 22.8.